The molecule has 0 atom stereocenters. The van der Waals surface area contributed by atoms with Gasteiger partial charge in [-0.25, -0.2) is 0 Å². The summed E-state index contributed by atoms with van der Waals surface area (Å²) in [5.74, 6) is 1.33. The first-order valence-corrected chi connectivity index (χ1v) is 7.68. The summed E-state index contributed by atoms with van der Waals surface area (Å²) in [6, 6.07) is 12.9. The van der Waals surface area contributed by atoms with Crippen molar-refractivity contribution in [1.29, 1.82) is 0 Å². The molecule has 124 valence electrons. The van der Waals surface area contributed by atoms with E-state index in [2.05, 4.69) is 25.7 Å². The van der Waals surface area contributed by atoms with Crippen LogP contribution in [0.4, 0.5) is 5.69 Å². The molecular weight excluding hydrogens is 320 g/mol. The fourth-order valence-electron chi connectivity index (χ4n) is 2.47. The minimum Gasteiger partial charge on any atom is -0.334 e. The molecule has 0 saturated heterocycles. The molecular formula is C17H14N6O2. The Hall–Kier alpha value is -3.55. The van der Waals surface area contributed by atoms with Crippen LogP contribution in [0.15, 0.2) is 53.2 Å². The lowest BCUT2D eigenvalue weighted by Gasteiger charge is -2.04. The second-order valence-corrected chi connectivity index (χ2v) is 5.50. The van der Waals surface area contributed by atoms with Crippen molar-refractivity contribution in [2.24, 2.45) is 0 Å². The van der Waals surface area contributed by atoms with E-state index in [9.17, 15) is 4.79 Å². The second kappa shape index (κ2) is 6.16. The highest BCUT2D eigenvalue weighted by atomic mass is 16.5. The first kappa shape index (κ1) is 15.0. The lowest BCUT2D eigenvalue weighted by atomic mass is 10.2. The lowest BCUT2D eigenvalue weighted by molar-refractivity contribution is -0.115. The van der Waals surface area contributed by atoms with Crippen LogP contribution < -0.4 is 5.32 Å². The normalized spacial score (nSPS) is 10.9. The Morgan fingerprint density at radius 1 is 1.16 bits per heavy atom. The Labute approximate surface area is 142 Å². The number of para-hydroxylation sites is 1. The molecule has 0 unspecified atom stereocenters. The van der Waals surface area contributed by atoms with Gasteiger partial charge in [-0.1, -0.05) is 23.4 Å². The smallest absolute Gasteiger partial charge is 0.259 e. The van der Waals surface area contributed by atoms with E-state index in [1.807, 2.05) is 36.4 Å². The molecule has 3 heterocycles. The number of anilines is 1. The molecule has 1 aromatic carbocycles. The van der Waals surface area contributed by atoms with Crippen LogP contribution in [0.25, 0.3) is 17.1 Å². The molecule has 0 aliphatic carbocycles. The van der Waals surface area contributed by atoms with Gasteiger partial charge in [0.1, 0.15) is 5.82 Å². The second-order valence-electron chi connectivity index (χ2n) is 5.50. The van der Waals surface area contributed by atoms with Gasteiger partial charge in [-0.05, 0) is 31.2 Å². The summed E-state index contributed by atoms with van der Waals surface area (Å²) in [5.41, 5.74) is 2.11. The maximum atomic E-state index is 12.2. The maximum absolute atomic E-state index is 12.2. The average Bonchev–Trinajstić information content (AvgIpc) is 3.22. The fourth-order valence-corrected chi connectivity index (χ4v) is 2.47. The summed E-state index contributed by atoms with van der Waals surface area (Å²) in [4.78, 5) is 16.5. The Bertz CT molecular complexity index is 1040. The number of hydrogen-bond donors (Lipinski definition) is 1. The van der Waals surface area contributed by atoms with E-state index in [-0.39, 0.29) is 12.3 Å². The van der Waals surface area contributed by atoms with E-state index in [0.29, 0.717) is 23.2 Å². The van der Waals surface area contributed by atoms with Gasteiger partial charge >= 0.3 is 0 Å². The summed E-state index contributed by atoms with van der Waals surface area (Å²) in [6.45, 7) is 1.75. The molecule has 0 fully saturated rings. The van der Waals surface area contributed by atoms with Crippen molar-refractivity contribution >= 4 is 17.2 Å². The molecule has 4 aromatic rings. The predicted molar refractivity (Wildman–Crippen MR) is 89.8 cm³/mol. The molecule has 25 heavy (non-hydrogen) atoms. The lowest BCUT2D eigenvalue weighted by Crippen LogP contribution is -2.16. The average molecular weight is 334 g/mol. The standard InChI is InChI=1S/C17H14N6O2/c1-11-18-17(25-22-11)12-7-8-14-20-21-15(23(14)10-12)9-16(24)19-13-5-3-2-4-6-13/h2-8,10H,9H2,1H3,(H,19,24). The Balaban J connectivity index is 1.60. The van der Waals surface area contributed by atoms with Crippen LogP contribution >= 0.6 is 0 Å². The number of carbonyl (C=O) groups is 1. The van der Waals surface area contributed by atoms with E-state index in [0.717, 1.165) is 11.3 Å². The number of aryl methyl sites for hydroxylation is 1. The minimum atomic E-state index is -0.167. The molecule has 3 aromatic heterocycles. The molecule has 1 N–H and O–H groups in total. The molecule has 0 aliphatic rings. The quantitative estimate of drug-likeness (QED) is 0.615. The van der Waals surface area contributed by atoms with Crippen molar-refractivity contribution in [3.8, 4) is 11.5 Å². The number of fused-ring (bicyclic) bond motifs is 1. The van der Waals surface area contributed by atoms with Crippen LogP contribution in [0.5, 0.6) is 0 Å². The van der Waals surface area contributed by atoms with Crippen LogP contribution in [0, 0.1) is 6.92 Å². The van der Waals surface area contributed by atoms with Crippen LogP contribution in [0.1, 0.15) is 11.6 Å². The number of nitrogens with one attached hydrogen (secondary N) is 1. The first-order valence-electron chi connectivity index (χ1n) is 7.68. The highest BCUT2D eigenvalue weighted by Gasteiger charge is 2.13. The number of rotatable bonds is 4. The Kier molecular flexibility index (Phi) is 3.70. The molecule has 0 bridgehead atoms. The number of benzene rings is 1. The van der Waals surface area contributed by atoms with Crippen molar-refractivity contribution in [2.45, 2.75) is 13.3 Å². The summed E-state index contributed by atoms with van der Waals surface area (Å²) in [7, 11) is 0. The van der Waals surface area contributed by atoms with E-state index < -0.39 is 0 Å². The molecule has 8 heteroatoms. The van der Waals surface area contributed by atoms with Crippen molar-refractivity contribution in [3.05, 3.63) is 60.3 Å². The van der Waals surface area contributed by atoms with Crippen molar-refractivity contribution in [3.63, 3.8) is 0 Å². The predicted octanol–water partition coefficient (Wildman–Crippen LogP) is 2.27. The van der Waals surface area contributed by atoms with Crippen molar-refractivity contribution in [1.82, 2.24) is 24.7 Å². The zero-order chi connectivity index (χ0) is 17.2. The SMILES string of the molecule is Cc1noc(-c2ccc3nnc(CC(=O)Nc4ccccc4)n3c2)n1. The number of pyridine rings is 1. The van der Waals surface area contributed by atoms with Gasteiger partial charge in [-0.15, -0.1) is 10.2 Å². The van der Waals surface area contributed by atoms with Gasteiger partial charge in [0.2, 0.25) is 5.91 Å². The highest BCUT2D eigenvalue weighted by Crippen LogP contribution is 2.18. The topological polar surface area (TPSA) is 98.2 Å². The van der Waals surface area contributed by atoms with Crippen LogP contribution in [-0.2, 0) is 11.2 Å². The van der Waals surface area contributed by atoms with E-state index in [1.54, 1.807) is 23.6 Å². The maximum Gasteiger partial charge on any atom is 0.259 e. The summed E-state index contributed by atoms with van der Waals surface area (Å²) in [5, 5.41) is 14.8. The van der Waals surface area contributed by atoms with Crippen LogP contribution in [0.2, 0.25) is 0 Å². The van der Waals surface area contributed by atoms with Gasteiger partial charge in [0.15, 0.2) is 11.5 Å². The largest absolute Gasteiger partial charge is 0.334 e. The molecule has 0 saturated carbocycles. The zero-order valence-electron chi connectivity index (χ0n) is 13.4. The molecule has 4 rings (SSSR count). The minimum absolute atomic E-state index is 0.0996. The summed E-state index contributed by atoms with van der Waals surface area (Å²) < 4.78 is 6.93. The van der Waals surface area contributed by atoms with Gasteiger partial charge in [0.05, 0.1) is 12.0 Å². The van der Waals surface area contributed by atoms with E-state index >= 15 is 0 Å². The van der Waals surface area contributed by atoms with Crippen LogP contribution in [-0.4, -0.2) is 30.6 Å². The molecule has 8 nitrogen and oxygen atoms in total. The molecule has 0 spiro atoms. The van der Waals surface area contributed by atoms with E-state index in [4.69, 9.17) is 4.52 Å². The van der Waals surface area contributed by atoms with E-state index in [1.165, 1.54) is 0 Å². The van der Waals surface area contributed by atoms with Gasteiger partial charge in [-0.2, -0.15) is 4.98 Å². The Morgan fingerprint density at radius 3 is 2.76 bits per heavy atom. The van der Waals surface area contributed by atoms with Crippen LogP contribution in [0.3, 0.4) is 0 Å². The number of amides is 1. The summed E-state index contributed by atoms with van der Waals surface area (Å²) in [6.07, 6.45) is 1.88. The monoisotopic (exact) mass is 334 g/mol. The third-order valence-corrected chi connectivity index (χ3v) is 3.62. The van der Waals surface area contributed by atoms with Crippen molar-refractivity contribution < 1.29 is 9.32 Å². The highest BCUT2D eigenvalue weighted by molar-refractivity contribution is 5.91. The summed E-state index contributed by atoms with van der Waals surface area (Å²) >= 11 is 0. The van der Waals surface area contributed by atoms with Gasteiger partial charge in [0, 0.05) is 11.9 Å². The fraction of sp³-hybridized carbons (Fsp3) is 0.118. The number of aromatic nitrogens is 5. The van der Waals surface area contributed by atoms with Crippen molar-refractivity contribution in [2.75, 3.05) is 5.32 Å². The van der Waals surface area contributed by atoms with Gasteiger partial charge in [0.25, 0.3) is 5.89 Å². The zero-order valence-corrected chi connectivity index (χ0v) is 13.4. The molecule has 0 aliphatic heterocycles. The third-order valence-electron chi connectivity index (χ3n) is 3.62. The van der Waals surface area contributed by atoms with Gasteiger partial charge < -0.3 is 9.84 Å². The number of hydrogen-bond acceptors (Lipinski definition) is 6. The molecule has 1 amide bonds. The molecule has 0 radical (unpaired) electrons. The Morgan fingerprint density at radius 2 is 2.00 bits per heavy atom. The number of nitrogens with zero attached hydrogens (tertiary/aromatic N) is 5. The number of carbonyl (C=O) groups excluding carboxylic acids is 1. The first-order chi connectivity index (χ1) is 12.2. The third kappa shape index (κ3) is 3.09. The van der Waals surface area contributed by atoms with Gasteiger partial charge in [-0.3, -0.25) is 9.20 Å².